The summed E-state index contributed by atoms with van der Waals surface area (Å²) in [6.07, 6.45) is 7.01. The predicted molar refractivity (Wildman–Crippen MR) is 132 cm³/mol. The molecule has 6 heteroatoms. The smallest absolute Gasteiger partial charge is 0.335 e. The molecular formula is C27H37NO5. The normalized spacial score (nSPS) is 11.6. The summed E-state index contributed by atoms with van der Waals surface area (Å²) in [4.78, 5) is 24.7. The largest absolute Gasteiger partial charge is 0.496 e. The minimum atomic E-state index is -1.01. The molecule has 180 valence electrons. The van der Waals surface area contributed by atoms with Crippen molar-refractivity contribution >= 4 is 17.6 Å². The van der Waals surface area contributed by atoms with Crippen molar-refractivity contribution in [3.63, 3.8) is 0 Å². The number of hydrogen-bond acceptors (Lipinski definition) is 4. The van der Waals surface area contributed by atoms with Gasteiger partial charge in [-0.25, -0.2) is 4.79 Å². The van der Waals surface area contributed by atoms with E-state index in [4.69, 9.17) is 9.47 Å². The molecule has 0 aliphatic rings. The predicted octanol–water partition coefficient (Wildman–Crippen LogP) is 6.44. The highest BCUT2D eigenvalue weighted by Gasteiger charge is 2.24. The quantitative estimate of drug-likeness (QED) is 0.320. The van der Waals surface area contributed by atoms with Gasteiger partial charge < -0.3 is 19.9 Å². The van der Waals surface area contributed by atoms with Crippen molar-refractivity contribution < 1.29 is 24.2 Å². The molecule has 1 amide bonds. The number of ether oxygens (including phenoxy) is 2. The topological polar surface area (TPSA) is 84.9 Å². The first-order valence-electron chi connectivity index (χ1n) is 11.8. The van der Waals surface area contributed by atoms with Crippen molar-refractivity contribution in [3.8, 4) is 11.5 Å². The van der Waals surface area contributed by atoms with Gasteiger partial charge in [0.25, 0.3) is 0 Å². The van der Waals surface area contributed by atoms with Gasteiger partial charge in [-0.15, -0.1) is 0 Å². The highest BCUT2D eigenvalue weighted by Crippen LogP contribution is 2.40. The van der Waals surface area contributed by atoms with Crippen LogP contribution in [0.1, 0.15) is 86.2 Å². The molecule has 0 spiro atoms. The summed E-state index contributed by atoms with van der Waals surface area (Å²) in [5, 5.41) is 12.4. The first-order chi connectivity index (χ1) is 15.9. The van der Waals surface area contributed by atoms with E-state index in [1.807, 2.05) is 18.2 Å². The SMILES string of the molecule is CCCCCC(CC(=O)Nc1cc(C(=O)O)ccc1CCCC)c1c(OC)cccc1OC. The molecule has 0 aromatic heterocycles. The second-order valence-electron chi connectivity index (χ2n) is 8.30. The number of rotatable bonds is 14. The molecule has 2 aromatic carbocycles. The molecule has 0 radical (unpaired) electrons. The van der Waals surface area contributed by atoms with Gasteiger partial charge in [-0.05, 0) is 55.0 Å². The Bertz CT molecular complexity index is 902. The summed E-state index contributed by atoms with van der Waals surface area (Å²) >= 11 is 0. The number of hydrogen-bond donors (Lipinski definition) is 2. The molecule has 0 fully saturated rings. The Hall–Kier alpha value is -3.02. The van der Waals surface area contributed by atoms with Gasteiger partial charge >= 0.3 is 5.97 Å². The lowest BCUT2D eigenvalue weighted by Crippen LogP contribution is -2.18. The molecule has 2 rings (SSSR count). The summed E-state index contributed by atoms with van der Waals surface area (Å²) in [6, 6.07) is 10.6. The van der Waals surface area contributed by atoms with E-state index in [-0.39, 0.29) is 23.8 Å². The summed E-state index contributed by atoms with van der Waals surface area (Å²) in [6.45, 7) is 4.25. The van der Waals surface area contributed by atoms with Crippen LogP contribution in [0, 0.1) is 0 Å². The number of carbonyl (C=O) groups is 2. The zero-order chi connectivity index (χ0) is 24.2. The molecule has 0 aliphatic heterocycles. The number of carboxylic acids is 1. The summed E-state index contributed by atoms with van der Waals surface area (Å²) in [5.74, 6) is 0.179. The maximum atomic E-state index is 13.2. The van der Waals surface area contributed by atoms with Gasteiger partial charge in [0, 0.05) is 17.7 Å². The van der Waals surface area contributed by atoms with E-state index in [0.717, 1.165) is 56.1 Å². The third-order valence-corrected chi connectivity index (χ3v) is 5.89. The van der Waals surface area contributed by atoms with E-state index in [2.05, 4.69) is 19.2 Å². The number of benzene rings is 2. The third kappa shape index (κ3) is 7.52. The van der Waals surface area contributed by atoms with Gasteiger partial charge in [-0.3, -0.25) is 4.79 Å². The molecule has 0 saturated heterocycles. The number of amides is 1. The monoisotopic (exact) mass is 455 g/mol. The lowest BCUT2D eigenvalue weighted by Gasteiger charge is -2.22. The van der Waals surface area contributed by atoms with E-state index < -0.39 is 5.97 Å². The fourth-order valence-electron chi connectivity index (χ4n) is 4.11. The van der Waals surface area contributed by atoms with Crippen LogP contribution in [-0.2, 0) is 11.2 Å². The number of nitrogens with one attached hydrogen (secondary N) is 1. The minimum Gasteiger partial charge on any atom is -0.496 e. The molecule has 2 aromatic rings. The van der Waals surface area contributed by atoms with Crippen LogP contribution in [0.3, 0.4) is 0 Å². The lowest BCUT2D eigenvalue weighted by molar-refractivity contribution is -0.116. The Labute approximate surface area is 197 Å². The number of methoxy groups -OCH3 is 2. The molecule has 0 bridgehead atoms. The number of carboxylic acid groups (broad SMARTS) is 1. The second-order valence-corrected chi connectivity index (χ2v) is 8.30. The van der Waals surface area contributed by atoms with Crippen LogP contribution in [0.5, 0.6) is 11.5 Å². The van der Waals surface area contributed by atoms with Gasteiger partial charge in [0.2, 0.25) is 5.91 Å². The van der Waals surface area contributed by atoms with Crippen molar-refractivity contribution in [1.82, 2.24) is 0 Å². The van der Waals surface area contributed by atoms with Crippen molar-refractivity contribution in [2.75, 3.05) is 19.5 Å². The van der Waals surface area contributed by atoms with E-state index in [0.29, 0.717) is 17.2 Å². The number of aryl methyl sites for hydroxylation is 1. The van der Waals surface area contributed by atoms with Crippen LogP contribution in [0.4, 0.5) is 5.69 Å². The molecule has 33 heavy (non-hydrogen) atoms. The molecule has 0 heterocycles. The van der Waals surface area contributed by atoms with Crippen LogP contribution in [-0.4, -0.2) is 31.2 Å². The summed E-state index contributed by atoms with van der Waals surface area (Å²) in [5.41, 5.74) is 2.59. The van der Waals surface area contributed by atoms with E-state index >= 15 is 0 Å². The van der Waals surface area contributed by atoms with Gasteiger partial charge in [0.1, 0.15) is 11.5 Å². The summed E-state index contributed by atoms with van der Waals surface area (Å²) in [7, 11) is 3.25. The standard InChI is InChI=1S/C27H37NO5/c1-5-7-9-12-20(26-23(32-3)13-10-14-24(26)33-4)18-25(29)28-22-17-21(27(30)31)16-15-19(22)11-8-6-2/h10,13-17,20H,5-9,11-12,18H2,1-4H3,(H,28,29)(H,30,31). The molecule has 6 nitrogen and oxygen atoms in total. The molecule has 1 unspecified atom stereocenters. The zero-order valence-corrected chi connectivity index (χ0v) is 20.3. The first-order valence-corrected chi connectivity index (χ1v) is 11.8. The number of aromatic carboxylic acids is 1. The van der Waals surface area contributed by atoms with E-state index in [1.54, 1.807) is 32.4 Å². The molecule has 1 atom stereocenters. The maximum absolute atomic E-state index is 13.2. The van der Waals surface area contributed by atoms with Crippen molar-refractivity contribution in [2.24, 2.45) is 0 Å². The third-order valence-electron chi connectivity index (χ3n) is 5.89. The highest BCUT2D eigenvalue weighted by atomic mass is 16.5. The van der Waals surface area contributed by atoms with E-state index in [1.165, 1.54) is 0 Å². The average Bonchev–Trinajstić information content (AvgIpc) is 2.82. The Morgan fingerprint density at radius 2 is 1.64 bits per heavy atom. The van der Waals surface area contributed by atoms with Crippen LogP contribution >= 0.6 is 0 Å². The molecule has 0 saturated carbocycles. The van der Waals surface area contributed by atoms with Crippen molar-refractivity contribution in [1.29, 1.82) is 0 Å². The average molecular weight is 456 g/mol. The Morgan fingerprint density at radius 3 is 2.21 bits per heavy atom. The lowest BCUT2D eigenvalue weighted by atomic mass is 9.88. The number of unbranched alkanes of at least 4 members (excludes halogenated alkanes) is 3. The first kappa shape index (κ1) is 26.2. The molecular weight excluding hydrogens is 418 g/mol. The summed E-state index contributed by atoms with van der Waals surface area (Å²) < 4.78 is 11.2. The Balaban J connectivity index is 2.32. The van der Waals surface area contributed by atoms with E-state index in [9.17, 15) is 14.7 Å². The fraction of sp³-hybridized carbons (Fsp3) is 0.481. The van der Waals surface area contributed by atoms with Gasteiger partial charge in [0.15, 0.2) is 0 Å². The maximum Gasteiger partial charge on any atom is 0.335 e. The Morgan fingerprint density at radius 1 is 0.970 bits per heavy atom. The van der Waals surface area contributed by atoms with Gasteiger partial charge in [0.05, 0.1) is 19.8 Å². The van der Waals surface area contributed by atoms with Crippen LogP contribution in [0.15, 0.2) is 36.4 Å². The van der Waals surface area contributed by atoms with Crippen LogP contribution in [0.25, 0.3) is 0 Å². The van der Waals surface area contributed by atoms with Crippen molar-refractivity contribution in [2.45, 2.75) is 71.1 Å². The fourth-order valence-corrected chi connectivity index (χ4v) is 4.11. The van der Waals surface area contributed by atoms with Crippen LogP contribution in [0.2, 0.25) is 0 Å². The van der Waals surface area contributed by atoms with Gasteiger partial charge in [-0.2, -0.15) is 0 Å². The van der Waals surface area contributed by atoms with Crippen molar-refractivity contribution in [3.05, 3.63) is 53.1 Å². The van der Waals surface area contributed by atoms with Gasteiger partial charge in [-0.1, -0.05) is 51.7 Å². The minimum absolute atomic E-state index is 0.0793. The molecule has 2 N–H and O–H groups in total. The zero-order valence-electron chi connectivity index (χ0n) is 20.3. The second kappa shape index (κ2) is 13.5. The number of anilines is 1. The Kier molecular flexibility index (Phi) is 10.7. The van der Waals surface area contributed by atoms with Crippen LogP contribution < -0.4 is 14.8 Å². The highest BCUT2D eigenvalue weighted by molar-refractivity contribution is 5.95. The number of carbonyl (C=O) groups excluding carboxylic acids is 1. The molecule has 0 aliphatic carbocycles.